The number of unbranched alkanes of at least 4 members (excludes halogenated alkanes) is 1. The van der Waals surface area contributed by atoms with Gasteiger partial charge in [-0.25, -0.2) is 4.39 Å². The first kappa shape index (κ1) is 17.5. The maximum Gasteiger partial charge on any atom is 0.165 e. The highest BCUT2D eigenvalue weighted by Crippen LogP contribution is 2.19. The smallest absolute Gasteiger partial charge is 0.165 e. The molecule has 116 valence electrons. The Balaban J connectivity index is 2.31. The number of rotatable bonds is 9. The molecule has 0 heterocycles. The van der Waals surface area contributed by atoms with E-state index in [9.17, 15) is 9.65 Å². The summed E-state index contributed by atoms with van der Waals surface area (Å²) in [6.07, 6.45) is 3.45. The molecule has 0 amide bonds. The Morgan fingerprint density at radius 3 is 2.81 bits per heavy atom. The van der Waals surface area contributed by atoms with Gasteiger partial charge in [0.2, 0.25) is 0 Å². The highest BCUT2D eigenvalue weighted by Gasteiger charge is 2.21. The zero-order valence-electron chi connectivity index (χ0n) is 13.2. The lowest BCUT2D eigenvalue weighted by molar-refractivity contribution is 0.282. The SMILES string of the molecule is CCCNC(C)(C#N)CCCCOc1cc(C)ccc1F. The first-order chi connectivity index (χ1) is 10.0. The van der Waals surface area contributed by atoms with Gasteiger partial charge >= 0.3 is 0 Å². The average Bonchev–Trinajstić information content (AvgIpc) is 2.48. The highest BCUT2D eigenvalue weighted by molar-refractivity contribution is 5.29. The van der Waals surface area contributed by atoms with Crippen molar-refractivity contribution in [2.24, 2.45) is 0 Å². The fourth-order valence-corrected chi connectivity index (χ4v) is 2.07. The Morgan fingerprint density at radius 2 is 2.14 bits per heavy atom. The largest absolute Gasteiger partial charge is 0.491 e. The van der Waals surface area contributed by atoms with Gasteiger partial charge in [-0.2, -0.15) is 5.26 Å². The molecule has 0 saturated heterocycles. The van der Waals surface area contributed by atoms with Crippen LogP contribution in [-0.2, 0) is 0 Å². The summed E-state index contributed by atoms with van der Waals surface area (Å²) in [5.74, 6) is -0.0192. The Hall–Kier alpha value is -1.60. The summed E-state index contributed by atoms with van der Waals surface area (Å²) in [4.78, 5) is 0. The fourth-order valence-electron chi connectivity index (χ4n) is 2.07. The molecule has 1 atom stereocenters. The number of aryl methyl sites for hydroxylation is 1. The highest BCUT2D eigenvalue weighted by atomic mass is 19.1. The molecule has 0 saturated carbocycles. The van der Waals surface area contributed by atoms with Gasteiger partial charge in [0.15, 0.2) is 11.6 Å². The Bertz CT molecular complexity index is 484. The summed E-state index contributed by atoms with van der Waals surface area (Å²) in [6, 6.07) is 7.18. The molecule has 0 aliphatic heterocycles. The van der Waals surface area contributed by atoms with E-state index in [-0.39, 0.29) is 5.82 Å². The molecule has 1 N–H and O–H groups in total. The number of nitriles is 1. The number of nitrogens with one attached hydrogen (secondary N) is 1. The predicted molar refractivity (Wildman–Crippen MR) is 82.8 cm³/mol. The van der Waals surface area contributed by atoms with E-state index in [0.717, 1.165) is 37.8 Å². The number of hydrogen-bond donors (Lipinski definition) is 1. The average molecular weight is 292 g/mol. The molecular formula is C17H25FN2O. The molecule has 0 aromatic heterocycles. The molecule has 0 aliphatic carbocycles. The van der Waals surface area contributed by atoms with Crippen LogP contribution < -0.4 is 10.1 Å². The van der Waals surface area contributed by atoms with Gasteiger partial charge in [-0.05, 0) is 63.8 Å². The quantitative estimate of drug-likeness (QED) is 0.701. The van der Waals surface area contributed by atoms with Gasteiger partial charge in [0.25, 0.3) is 0 Å². The molecule has 0 radical (unpaired) electrons. The molecule has 1 aromatic rings. The lowest BCUT2D eigenvalue weighted by Gasteiger charge is -2.23. The second-order valence-corrected chi connectivity index (χ2v) is 5.61. The van der Waals surface area contributed by atoms with Gasteiger partial charge in [0.1, 0.15) is 5.54 Å². The minimum atomic E-state index is -0.482. The summed E-state index contributed by atoms with van der Waals surface area (Å²) in [5, 5.41) is 12.5. The standard InChI is InChI=1S/C17H25FN2O/c1-4-10-20-17(3,13-19)9-5-6-11-21-16-12-14(2)7-8-15(16)18/h7-8,12,20H,4-6,9-11H2,1-3H3. The van der Waals surface area contributed by atoms with Crippen molar-refractivity contribution < 1.29 is 9.13 Å². The summed E-state index contributed by atoms with van der Waals surface area (Å²) in [6.45, 7) is 7.22. The van der Waals surface area contributed by atoms with Crippen molar-refractivity contribution in [1.82, 2.24) is 5.32 Å². The van der Waals surface area contributed by atoms with E-state index in [1.807, 2.05) is 13.8 Å². The van der Waals surface area contributed by atoms with Crippen molar-refractivity contribution in [3.63, 3.8) is 0 Å². The van der Waals surface area contributed by atoms with Crippen LogP contribution in [0.1, 0.15) is 45.1 Å². The van der Waals surface area contributed by atoms with Crippen LogP contribution in [0.4, 0.5) is 4.39 Å². The lowest BCUT2D eigenvalue weighted by Crippen LogP contribution is -2.41. The monoisotopic (exact) mass is 292 g/mol. The van der Waals surface area contributed by atoms with Crippen LogP contribution in [0.5, 0.6) is 5.75 Å². The Labute approximate surface area is 127 Å². The van der Waals surface area contributed by atoms with Gasteiger partial charge in [-0.1, -0.05) is 13.0 Å². The van der Waals surface area contributed by atoms with Crippen LogP contribution in [0, 0.1) is 24.1 Å². The number of nitrogens with zero attached hydrogens (tertiary/aromatic N) is 1. The Morgan fingerprint density at radius 1 is 1.38 bits per heavy atom. The lowest BCUT2D eigenvalue weighted by atomic mass is 9.96. The van der Waals surface area contributed by atoms with Crippen LogP contribution in [0.3, 0.4) is 0 Å². The van der Waals surface area contributed by atoms with Crippen LogP contribution in [0.25, 0.3) is 0 Å². The summed E-state index contributed by atoms with van der Waals surface area (Å²) in [5.41, 5.74) is 0.497. The van der Waals surface area contributed by atoms with Crippen molar-refractivity contribution in [2.45, 2.75) is 52.0 Å². The van der Waals surface area contributed by atoms with E-state index in [0.29, 0.717) is 12.4 Å². The normalized spacial score (nSPS) is 13.5. The molecule has 0 bridgehead atoms. The minimum Gasteiger partial charge on any atom is -0.491 e. The fraction of sp³-hybridized carbons (Fsp3) is 0.588. The maximum absolute atomic E-state index is 13.5. The van der Waals surface area contributed by atoms with Crippen LogP contribution in [0.2, 0.25) is 0 Å². The third-order valence-electron chi connectivity index (χ3n) is 3.43. The Kier molecular flexibility index (Phi) is 7.18. The molecule has 0 aliphatic rings. The predicted octanol–water partition coefficient (Wildman–Crippen LogP) is 3.97. The summed E-state index contributed by atoms with van der Waals surface area (Å²) in [7, 11) is 0. The first-order valence-corrected chi connectivity index (χ1v) is 7.56. The molecule has 1 aromatic carbocycles. The molecule has 3 nitrogen and oxygen atoms in total. The summed E-state index contributed by atoms with van der Waals surface area (Å²) >= 11 is 0. The van der Waals surface area contributed by atoms with Crippen molar-refractivity contribution in [1.29, 1.82) is 5.26 Å². The number of benzene rings is 1. The minimum absolute atomic E-state index is 0.308. The third-order valence-corrected chi connectivity index (χ3v) is 3.43. The molecule has 0 spiro atoms. The molecule has 1 unspecified atom stereocenters. The van der Waals surface area contributed by atoms with Crippen LogP contribution in [-0.4, -0.2) is 18.7 Å². The molecule has 0 fully saturated rings. The second kappa shape index (κ2) is 8.63. The van der Waals surface area contributed by atoms with E-state index in [1.165, 1.54) is 6.07 Å². The van der Waals surface area contributed by atoms with Gasteiger partial charge in [-0.15, -0.1) is 0 Å². The number of ether oxygens (including phenoxy) is 1. The van der Waals surface area contributed by atoms with Crippen molar-refractivity contribution in [2.75, 3.05) is 13.2 Å². The number of halogens is 1. The molecule has 21 heavy (non-hydrogen) atoms. The molecule has 4 heteroatoms. The van der Waals surface area contributed by atoms with Gasteiger partial charge in [0.05, 0.1) is 12.7 Å². The van der Waals surface area contributed by atoms with Crippen molar-refractivity contribution in [3.05, 3.63) is 29.6 Å². The van der Waals surface area contributed by atoms with E-state index >= 15 is 0 Å². The zero-order valence-corrected chi connectivity index (χ0v) is 13.2. The van der Waals surface area contributed by atoms with E-state index < -0.39 is 5.54 Å². The van der Waals surface area contributed by atoms with Crippen LogP contribution >= 0.6 is 0 Å². The number of hydrogen-bond acceptors (Lipinski definition) is 3. The zero-order chi connectivity index (χ0) is 15.7. The topological polar surface area (TPSA) is 45.0 Å². The van der Waals surface area contributed by atoms with Gasteiger partial charge in [-0.3, -0.25) is 5.32 Å². The first-order valence-electron chi connectivity index (χ1n) is 7.56. The van der Waals surface area contributed by atoms with Crippen LogP contribution in [0.15, 0.2) is 18.2 Å². The van der Waals surface area contributed by atoms with Gasteiger partial charge in [0, 0.05) is 0 Å². The second-order valence-electron chi connectivity index (χ2n) is 5.61. The summed E-state index contributed by atoms with van der Waals surface area (Å²) < 4.78 is 19.0. The van der Waals surface area contributed by atoms with Gasteiger partial charge < -0.3 is 4.74 Å². The van der Waals surface area contributed by atoms with Crippen molar-refractivity contribution >= 4 is 0 Å². The van der Waals surface area contributed by atoms with E-state index in [4.69, 9.17) is 4.74 Å². The molecule has 1 rings (SSSR count). The molecular weight excluding hydrogens is 267 g/mol. The van der Waals surface area contributed by atoms with E-state index in [2.05, 4.69) is 18.3 Å². The third kappa shape index (κ3) is 6.14. The van der Waals surface area contributed by atoms with E-state index in [1.54, 1.807) is 12.1 Å². The maximum atomic E-state index is 13.5. The van der Waals surface area contributed by atoms with Crippen molar-refractivity contribution in [3.8, 4) is 11.8 Å².